The second-order valence-corrected chi connectivity index (χ2v) is 14.0. The van der Waals surface area contributed by atoms with Gasteiger partial charge in [0.1, 0.15) is 5.69 Å². The van der Waals surface area contributed by atoms with Crippen LogP contribution in [0.3, 0.4) is 0 Å². The maximum absolute atomic E-state index is 13.1. The first-order chi connectivity index (χ1) is 28.6. The fraction of sp³-hybridized carbons (Fsp3) is 0.133. The Bertz CT molecular complexity index is 2930. The summed E-state index contributed by atoms with van der Waals surface area (Å²) in [7, 11) is 0. The van der Waals surface area contributed by atoms with E-state index in [1.165, 1.54) is 41.0 Å². The van der Waals surface area contributed by atoms with E-state index < -0.39 is 28.4 Å². The zero-order chi connectivity index (χ0) is 42.8. The molecule has 0 bridgehead atoms. The number of imidazole rings is 2. The van der Waals surface area contributed by atoms with Crippen LogP contribution < -0.4 is 29.5 Å². The molecular weight excluding hydrogens is 944 g/mol. The second kappa shape index (κ2) is 20.3. The van der Waals surface area contributed by atoms with E-state index in [2.05, 4.69) is 5.73 Å². The molecule has 0 atom stereocenters. The van der Waals surface area contributed by atoms with Crippen molar-refractivity contribution in [1.82, 2.24) is 18.3 Å². The molecule has 3 N–H and O–H groups in total. The van der Waals surface area contributed by atoms with Gasteiger partial charge < -0.3 is 25.6 Å². The van der Waals surface area contributed by atoms with Crippen molar-refractivity contribution >= 4 is 33.4 Å². The normalized spacial score (nSPS) is 11.2. The van der Waals surface area contributed by atoms with Crippen molar-refractivity contribution in [2.24, 2.45) is 0 Å². The third kappa shape index (κ3) is 11.2. The number of fused-ring (bicyclic) bond motifs is 2. The van der Waals surface area contributed by atoms with E-state index in [0.29, 0.717) is 34.3 Å². The van der Waals surface area contributed by atoms with Crippen LogP contribution in [0.2, 0.25) is 0 Å². The van der Waals surface area contributed by atoms with Gasteiger partial charge in [-0.2, -0.15) is 26.3 Å². The molecule has 8 aromatic rings. The van der Waals surface area contributed by atoms with Crippen LogP contribution in [0.4, 0.5) is 37.7 Å². The van der Waals surface area contributed by atoms with Crippen molar-refractivity contribution in [2.45, 2.75) is 38.5 Å². The number of aromatic nitrogens is 4. The maximum atomic E-state index is 13.1. The van der Waals surface area contributed by atoms with E-state index in [4.69, 9.17) is 0 Å². The van der Waals surface area contributed by atoms with E-state index in [-0.39, 0.29) is 77.0 Å². The van der Waals surface area contributed by atoms with Crippen LogP contribution in [-0.4, -0.2) is 23.2 Å². The summed E-state index contributed by atoms with van der Waals surface area (Å²) < 4.78 is 83.1. The van der Waals surface area contributed by atoms with Gasteiger partial charge in [0.2, 0.25) is 0 Å². The minimum atomic E-state index is -4.42. The van der Waals surface area contributed by atoms with Crippen LogP contribution in [-0.2, 0) is 59.0 Å². The van der Waals surface area contributed by atoms with Gasteiger partial charge in [-0.3, -0.25) is 28.4 Å². The summed E-state index contributed by atoms with van der Waals surface area (Å²) in [4.78, 5) is 36.6. The molecular formula is C45H38ClF6N6O4Pd-. The number of nitrogens with zero attached hydrogens (tertiary/aromatic N) is 5. The van der Waals surface area contributed by atoms with Gasteiger partial charge in [0.15, 0.2) is 0 Å². The number of benzene rings is 6. The SMILES string of the molecule is O=c1n(Cc2ccc([N+](=O)[O-])cc2)c2ccccc2n1Cc1ccc(C(F)(F)F)cc1.[CH3-].[Cl-].[NH3+]c1ccc(Cn2c(=O)n(Cc3ccc(C(F)(F)F)cc3)c3ccccc32)cc1.[Pd]. The van der Waals surface area contributed by atoms with Crippen LogP contribution in [0.5, 0.6) is 0 Å². The molecule has 8 rings (SSSR count). The van der Waals surface area contributed by atoms with Gasteiger partial charge in [-0.1, -0.05) is 72.8 Å². The van der Waals surface area contributed by atoms with Crippen molar-refractivity contribution in [1.29, 1.82) is 0 Å². The van der Waals surface area contributed by atoms with E-state index in [9.17, 15) is 46.0 Å². The molecule has 0 radical (unpaired) electrons. The quantitative estimate of drug-likeness (QED) is 0.0621. The minimum Gasteiger partial charge on any atom is -1.00 e. The number of hydrogen-bond donors (Lipinski definition) is 1. The third-order valence-corrected chi connectivity index (χ3v) is 9.95. The number of non-ortho nitro benzene ring substituents is 1. The number of hydrogen-bond acceptors (Lipinski definition) is 4. The van der Waals surface area contributed by atoms with E-state index in [1.54, 1.807) is 50.1 Å². The molecule has 332 valence electrons. The Morgan fingerprint density at radius 2 is 0.730 bits per heavy atom. The zero-order valence-electron chi connectivity index (χ0n) is 33.2. The summed E-state index contributed by atoms with van der Waals surface area (Å²) in [5.41, 5.74) is 8.45. The van der Waals surface area contributed by atoms with Crippen LogP contribution >= 0.6 is 0 Å². The summed E-state index contributed by atoms with van der Waals surface area (Å²) in [6.07, 6.45) is -8.80. The van der Waals surface area contributed by atoms with Crippen molar-refractivity contribution < 1.29 is 69.8 Å². The van der Waals surface area contributed by atoms with Crippen LogP contribution in [0, 0.1) is 17.5 Å². The molecule has 0 aliphatic carbocycles. The largest absolute Gasteiger partial charge is 1.00 e. The molecule has 0 aliphatic rings. The van der Waals surface area contributed by atoms with Gasteiger partial charge in [0.25, 0.3) is 5.69 Å². The Kier molecular flexibility index (Phi) is 15.9. The fourth-order valence-corrected chi connectivity index (χ4v) is 6.85. The number of rotatable bonds is 9. The van der Waals surface area contributed by atoms with Gasteiger partial charge in [0, 0.05) is 32.6 Å². The van der Waals surface area contributed by atoms with Crippen molar-refractivity contribution in [3.63, 3.8) is 0 Å². The Balaban J connectivity index is 0.000000264. The minimum absolute atomic E-state index is 0. The molecule has 0 unspecified atom stereocenters. The monoisotopic (exact) mass is 981 g/mol. The van der Waals surface area contributed by atoms with Crippen LogP contribution in [0.1, 0.15) is 33.4 Å². The van der Waals surface area contributed by atoms with Crippen LogP contribution in [0.15, 0.2) is 155 Å². The zero-order valence-corrected chi connectivity index (χ0v) is 35.5. The molecule has 6 aromatic carbocycles. The average Bonchev–Trinajstić information content (AvgIpc) is 3.63. The predicted molar refractivity (Wildman–Crippen MR) is 220 cm³/mol. The molecule has 0 fully saturated rings. The molecule has 2 heterocycles. The van der Waals surface area contributed by atoms with E-state index in [1.807, 2.05) is 48.5 Å². The summed E-state index contributed by atoms with van der Waals surface area (Å²) in [5.74, 6) is 0. The van der Waals surface area contributed by atoms with Gasteiger partial charge in [-0.25, -0.2) is 9.59 Å². The first-order valence-corrected chi connectivity index (χ1v) is 18.4. The van der Waals surface area contributed by atoms with E-state index >= 15 is 0 Å². The maximum Gasteiger partial charge on any atom is 0.416 e. The molecule has 2 aromatic heterocycles. The molecule has 0 saturated heterocycles. The Morgan fingerprint density at radius 3 is 0.984 bits per heavy atom. The summed E-state index contributed by atoms with van der Waals surface area (Å²) in [6.45, 7) is 0.921. The summed E-state index contributed by atoms with van der Waals surface area (Å²) in [5, 5.41) is 10.8. The average molecular weight is 983 g/mol. The first-order valence-electron chi connectivity index (χ1n) is 18.4. The molecule has 10 nitrogen and oxygen atoms in total. The van der Waals surface area contributed by atoms with Gasteiger partial charge in [-0.05, 0) is 82.9 Å². The van der Waals surface area contributed by atoms with Gasteiger partial charge >= 0.3 is 23.7 Å². The standard InChI is InChI=1S/C22H16F3N3O3.C22H18F3N3O.CH3.ClH.Pd/c23-22(24,25)17-9-5-15(6-10-17)13-26-19-3-1-2-4-20(19)27(21(26)29)14-16-7-11-18(12-8-16)28(30)31;23-22(24,25)17-9-5-15(6-10-17)13-27-19-3-1-2-4-20(19)28(21(27)29)14-16-7-11-18(26)12-8-16;;;/h1-12H,13-14H2;1-12H,13-14,26H2;1H3;1H;/q;;-1;;. The molecule has 0 aliphatic heterocycles. The third-order valence-electron chi connectivity index (χ3n) is 9.95. The van der Waals surface area contributed by atoms with Gasteiger partial charge in [-0.15, -0.1) is 0 Å². The predicted octanol–water partition coefficient (Wildman–Crippen LogP) is 6.07. The van der Waals surface area contributed by atoms with Crippen molar-refractivity contribution in [3.8, 4) is 0 Å². The Labute approximate surface area is 376 Å². The summed E-state index contributed by atoms with van der Waals surface area (Å²) >= 11 is 0. The molecule has 0 saturated carbocycles. The Morgan fingerprint density at radius 1 is 0.476 bits per heavy atom. The number of alkyl halides is 6. The van der Waals surface area contributed by atoms with Crippen LogP contribution in [0.25, 0.3) is 22.1 Å². The summed E-state index contributed by atoms with van der Waals surface area (Å²) in [6, 6.07) is 37.7. The van der Waals surface area contributed by atoms with Crippen molar-refractivity contribution in [3.05, 3.63) is 217 Å². The molecule has 0 amide bonds. The number of nitro groups is 1. The molecule has 63 heavy (non-hydrogen) atoms. The van der Waals surface area contributed by atoms with Crippen molar-refractivity contribution in [2.75, 3.05) is 0 Å². The smallest absolute Gasteiger partial charge is 0.416 e. The number of para-hydroxylation sites is 4. The topological polar surface area (TPSA) is 125 Å². The second-order valence-electron chi connectivity index (χ2n) is 14.0. The Hall–Kier alpha value is -6.25. The number of halogens is 7. The first kappa shape index (κ1) is 49.4. The molecule has 0 spiro atoms. The molecule has 18 heteroatoms. The number of nitro benzene ring substituents is 1. The van der Waals surface area contributed by atoms with E-state index in [0.717, 1.165) is 46.5 Å². The van der Waals surface area contributed by atoms with Gasteiger partial charge in [0.05, 0.1) is 64.3 Å². The number of quaternary nitrogens is 1. The fourth-order valence-electron chi connectivity index (χ4n) is 6.85.